The largest absolute Gasteiger partial charge is 0.325 e. The molecule has 1 rings (SSSR count). The van der Waals surface area contributed by atoms with Crippen LogP contribution in [-0.2, 0) is 6.42 Å². The van der Waals surface area contributed by atoms with Crippen LogP contribution in [0.25, 0.3) is 0 Å². The summed E-state index contributed by atoms with van der Waals surface area (Å²) in [5.74, 6) is 2.70. The highest BCUT2D eigenvalue weighted by Crippen LogP contribution is 2.00. The van der Waals surface area contributed by atoms with Crippen molar-refractivity contribution < 1.29 is 4.90 Å². The van der Waals surface area contributed by atoms with Crippen LogP contribution < -0.4 is 4.90 Å². The molecule has 74 valence electrons. The molecular formula is C13H18N+. The summed E-state index contributed by atoms with van der Waals surface area (Å²) in [4.78, 5) is 1.40. The van der Waals surface area contributed by atoms with E-state index in [0.29, 0.717) is 6.04 Å². The van der Waals surface area contributed by atoms with Crippen LogP contribution in [0.15, 0.2) is 30.3 Å². The normalized spacial score (nSPS) is 14.4. The first kappa shape index (κ1) is 10.8. The standard InChI is InChI=1S/C13H17N/c1-4-10-14(3)12(2)11-13-8-6-5-7-9-13/h1,5-9,12H,10-11H2,2-3H3/p+1/t12-/m1/s1. The summed E-state index contributed by atoms with van der Waals surface area (Å²) < 4.78 is 0. The molecule has 1 unspecified atom stereocenters. The van der Waals surface area contributed by atoms with Gasteiger partial charge in [-0.25, -0.2) is 0 Å². The Hall–Kier alpha value is -1.26. The van der Waals surface area contributed by atoms with E-state index in [4.69, 9.17) is 6.42 Å². The predicted molar refractivity (Wildman–Crippen MR) is 60.2 cm³/mol. The molecule has 1 nitrogen and oxygen atoms in total. The fourth-order valence-electron chi connectivity index (χ4n) is 1.48. The Morgan fingerprint density at radius 1 is 1.36 bits per heavy atom. The lowest BCUT2D eigenvalue weighted by Gasteiger charge is -2.19. The second kappa shape index (κ2) is 5.47. The van der Waals surface area contributed by atoms with Crippen LogP contribution in [0.1, 0.15) is 12.5 Å². The maximum atomic E-state index is 5.29. The number of hydrogen-bond acceptors (Lipinski definition) is 0. The highest BCUT2D eigenvalue weighted by molar-refractivity contribution is 5.15. The highest BCUT2D eigenvalue weighted by atomic mass is 15.1. The molecular weight excluding hydrogens is 170 g/mol. The third kappa shape index (κ3) is 3.24. The number of quaternary nitrogens is 1. The average Bonchev–Trinajstić information content (AvgIpc) is 2.19. The molecule has 0 fully saturated rings. The first-order chi connectivity index (χ1) is 6.74. The van der Waals surface area contributed by atoms with Gasteiger partial charge in [-0.05, 0) is 18.4 Å². The van der Waals surface area contributed by atoms with Crippen LogP contribution in [0.4, 0.5) is 0 Å². The van der Waals surface area contributed by atoms with Gasteiger partial charge in [-0.3, -0.25) is 0 Å². The first-order valence-corrected chi connectivity index (χ1v) is 5.03. The van der Waals surface area contributed by atoms with E-state index in [9.17, 15) is 0 Å². The van der Waals surface area contributed by atoms with E-state index in [1.165, 1.54) is 10.5 Å². The molecule has 0 amide bonds. The monoisotopic (exact) mass is 188 g/mol. The quantitative estimate of drug-likeness (QED) is 0.666. The van der Waals surface area contributed by atoms with Gasteiger partial charge in [0.2, 0.25) is 0 Å². The van der Waals surface area contributed by atoms with Gasteiger partial charge < -0.3 is 4.90 Å². The van der Waals surface area contributed by atoms with Crippen LogP contribution in [0.3, 0.4) is 0 Å². The van der Waals surface area contributed by atoms with Gasteiger partial charge in [0.25, 0.3) is 0 Å². The van der Waals surface area contributed by atoms with Gasteiger partial charge in [-0.1, -0.05) is 30.3 Å². The molecule has 0 aliphatic heterocycles. The SMILES string of the molecule is C#CC[NH+](C)[C@H](C)Cc1ccccc1. The van der Waals surface area contributed by atoms with Crippen molar-refractivity contribution in [3.05, 3.63) is 35.9 Å². The van der Waals surface area contributed by atoms with Crippen molar-refractivity contribution in [3.63, 3.8) is 0 Å². The molecule has 0 aromatic heterocycles. The van der Waals surface area contributed by atoms with Crippen LogP contribution in [0.5, 0.6) is 0 Å². The van der Waals surface area contributed by atoms with Gasteiger partial charge in [-0.2, -0.15) is 0 Å². The van der Waals surface area contributed by atoms with Crippen LogP contribution in [0.2, 0.25) is 0 Å². The van der Waals surface area contributed by atoms with Crippen molar-refractivity contribution >= 4 is 0 Å². The van der Waals surface area contributed by atoms with Crippen molar-refractivity contribution in [1.29, 1.82) is 0 Å². The lowest BCUT2D eigenvalue weighted by Crippen LogP contribution is -3.12. The van der Waals surface area contributed by atoms with Crippen molar-refractivity contribution in [2.75, 3.05) is 13.6 Å². The zero-order valence-electron chi connectivity index (χ0n) is 8.96. The minimum absolute atomic E-state index is 0.577. The fourth-order valence-corrected chi connectivity index (χ4v) is 1.48. The Labute approximate surface area is 86.7 Å². The predicted octanol–water partition coefficient (Wildman–Crippen LogP) is 0.765. The molecule has 0 saturated carbocycles. The minimum Gasteiger partial charge on any atom is -0.325 e. The first-order valence-electron chi connectivity index (χ1n) is 5.03. The molecule has 1 N–H and O–H groups in total. The number of rotatable bonds is 4. The molecule has 1 aromatic carbocycles. The van der Waals surface area contributed by atoms with Crippen LogP contribution in [-0.4, -0.2) is 19.6 Å². The smallest absolute Gasteiger partial charge is 0.139 e. The van der Waals surface area contributed by atoms with Crippen LogP contribution in [0, 0.1) is 12.3 Å². The van der Waals surface area contributed by atoms with E-state index in [1.807, 2.05) is 6.07 Å². The molecule has 0 heterocycles. The Kier molecular flexibility index (Phi) is 4.22. The lowest BCUT2D eigenvalue weighted by atomic mass is 10.1. The third-order valence-corrected chi connectivity index (χ3v) is 2.61. The molecule has 14 heavy (non-hydrogen) atoms. The topological polar surface area (TPSA) is 4.44 Å². The molecule has 0 saturated heterocycles. The van der Waals surface area contributed by atoms with Crippen molar-refractivity contribution in [2.45, 2.75) is 19.4 Å². The van der Waals surface area contributed by atoms with E-state index < -0.39 is 0 Å². The fraction of sp³-hybridized carbons (Fsp3) is 0.385. The summed E-state index contributed by atoms with van der Waals surface area (Å²) in [5.41, 5.74) is 1.39. The van der Waals surface area contributed by atoms with E-state index in [1.54, 1.807) is 0 Å². The Balaban J connectivity index is 2.49. The van der Waals surface area contributed by atoms with Gasteiger partial charge in [0.1, 0.15) is 6.54 Å². The van der Waals surface area contributed by atoms with Gasteiger partial charge in [0.15, 0.2) is 0 Å². The zero-order valence-corrected chi connectivity index (χ0v) is 8.96. The maximum absolute atomic E-state index is 5.29. The highest BCUT2D eigenvalue weighted by Gasteiger charge is 2.11. The molecule has 2 atom stereocenters. The van der Waals surface area contributed by atoms with Crippen molar-refractivity contribution in [3.8, 4) is 12.3 Å². The number of likely N-dealkylation sites (N-methyl/N-ethyl adjacent to an activating group) is 1. The molecule has 0 aliphatic rings. The van der Waals surface area contributed by atoms with Gasteiger partial charge in [0, 0.05) is 6.42 Å². The molecule has 1 aromatic rings. The number of nitrogens with one attached hydrogen (secondary N) is 1. The summed E-state index contributed by atoms with van der Waals surface area (Å²) >= 11 is 0. The lowest BCUT2D eigenvalue weighted by molar-refractivity contribution is -0.896. The number of terminal acetylenes is 1. The van der Waals surface area contributed by atoms with Gasteiger partial charge in [0.05, 0.1) is 13.1 Å². The minimum atomic E-state index is 0.577. The molecule has 0 aliphatic carbocycles. The van der Waals surface area contributed by atoms with Crippen molar-refractivity contribution in [2.24, 2.45) is 0 Å². The van der Waals surface area contributed by atoms with Crippen LogP contribution >= 0.6 is 0 Å². The molecule has 0 bridgehead atoms. The summed E-state index contributed by atoms with van der Waals surface area (Å²) in [6, 6.07) is 11.1. The van der Waals surface area contributed by atoms with E-state index in [-0.39, 0.29) is 0 Å². The third-order valence-electron chi connectivity index (χ3n) is 2.61. The second-order valence-corrected chi connectivity index (χ2v) is 3.82. The molecule has 0 spiro atoms. The number of benzene rings is 1. The maximum Gasteiger partial charge on any atom is 0.139 e. The summed E-state index contributed by atoms with van der Waals surface area (Å²) in [6.45, 7) is 3.04. The molecule has 0 radical (unpaired) electrons. The van der Waals surface area contributed by atoms with E-state index >= 15 is 0 Å². The molecule has 1 heteroatoms. The second-order valence-electron chi connectivity index (χ2n) is 3.82. The Morgan fingerprint density at radius 2 is 2.00 bits per heavy atom. The van der Waals surface area contributed by atoms with Gasteiger partial charge in [-0.15, -0.1) is 6.42 Å². The summed E-state index contributed by atoms with van der Waals surface area (Å²) in [7, 11) is 2.15. The van der Waals surface area contributed by atoms with Gasteiger partial charge >= 0.3 is 0 Å². The zero-order chi connectivity index (χ0) is 10.4. The Morgan fingerprint density at radius 3 is 2.57 bits per heavy atom. The summed E-state index contributed by atoms with van der Waals surface area (Å²) in [5, 5.41) is 0. The summed E-state index contributed by atoms with van der Waals surface area (Å²) in [6.07, 6.45) is 6.38. The number of hydrogen-bond donors (Lipinski definition) is 1. The Bertz CT molecular complexity index is 297. The van der Waals surface area contributed by atoms with E-state index in [0.717, 1.165) is 13.0 Å². The van der Waals surface area contributed by atoms with E-state index in [2.05, 4.69) is 44.2 Å². The van der Waals surface area contributed by atoms with Crippen molar-refractivity contribution in [1.82, 2.24) is 0 Å². The average molecular weight is 188 g/mol.